The Morgan fingerprint density at radius 3 is 1.03 bits per heavy atom. The van der Waals surface area contributed by atoms with Gasteiger partial charge in [-0.25, -0.2) is 0 Å². The summed E-state index contributed by atoms with van der Waals surface area (Å²) < 4.78 is 26.6. The van der Waals surface area contributed by atoms with E-state index >= 15 is 0 Å². The van der Waals surface area contributed by atoms with Crippen LogP contribution >= 0.6 is 0 Å². The molecule has 1 aliphatic carbocycles. The van der Waals surface area contributed by atoms with E-state index in [9.17, 15) is 9.59 Å². The number of hydrogen-bond donors (Lipinski definition) is 4. The van der Waals surface area contributed by atoms with Gasteiger partial charge in [-0.15, -0.1) is 0 Å². The number of carbonyl (C=O) groups is 2. The smallest absolute Gasteiger partial charge is 0.261 e. The normalized spacial score (nSPS) is 13.3. The van der Waals surface area contributed by atoms with Gasteiger partial charge in [-0.1, -0.05) is 32.9 Å². The van der Waals surface area contributed by atoms with Crippen molar-refractivity contribution in [3.05, 3.63) is 128 Å². The number of nitrogens with zero attached hydrogens (tertiary/aromatic N) is 1. The fourth-order valence-corrected chi connectivity index (χ4v) is 8.52. The minimum absolute atomic E-state index is 0.236. The Balaban J connectivity index is 1.28. The highest BCUT2D eigenvalue weighted by Crippen LogP contribution is 2.42. The number of nitrogen functional groups attached to an aromatic ring is 4. The Kier molecular flexibility index (Phi) is 13.6. The van der Waals surface area contributed by atoms with Crippen molar-refractivity contribution in [1.29, 1.82) is 0 Å². The standard InChI is InChI=1S/C50H59N5O6/c1-4-15-58-45-31-19-33-25-40(52)27-35(46(33)59-16-5-2)21-37-29-42(54)30-38(22-36-28-41(53)26-34(47(36)60-17-6-3)20-32(45)24-39(51)23-31)48(37)61-18-11-7-10-14-55-49(56)43-12-8-9-13-44(43)50(55)57/h8-9,12-13,23-30H,4-7,10-11,14-22,51-54H2,1-3H3. The average Bonchev–Trinajstić information content (AvgIpc) is 3.46. The molecule has 0 fully saturated rings. The number of rotatable bonds is 16. The van der Waals surface area contributed by atoms with Crippen molar-refractivity contribution >= 4 is 34.6 Å². The van der Waals surface area contributed by atoms with E-state index in [0.29, 0.717) is 105 Å². The maximum Gasteiger partial charge on any atom is 0.261 e. The van der Waals surface area contributed by atoms with Crippen LogP contribution in [0.5, 0.6) is 23.0 Å². The van der Waals surface area contributed by atoms with Crippen molar-refractivity contribution in [2.75, 3.05) is 55.9 Å². The molecule has 0 saturated heterocycles. The average molecular weight is 826 g/mol. The summed E-state index contributed by atoms with van der Waals surface area (Å²) in [5, 5.41) is 0. The monoisotopic (exact) mass is 825 g/mol. The van der Waals surface area contributed by atoms with Crippen LogP contribution in [0.1, 0.15) is 125 Å². The molecule has 0 radical (unpaired) electrons. The van der Waals surface area contributed by atoms with Gasteiger partial charge < -0.3 is 41.9 Å². The lowest BCUT2D eigenvalue weighted by atomic mass is 9.90. The third-order valence-corrected chi connectivity index (χ3v) is 11.1. The largest absolute Gasteiger partial charge is 0.493 e. The number of hydrogen-bond acceptors (Lipinski definition) is 10. The van der Waals surface area contributed by atoms with Crippen molar-refractivity contribution in [3.8, 4) is 23.0 Å². The van der Waals surface area contributed by atoms with E-state index in [0.717, 1.165) is 93.2 Å². The first-order valence-corrected chi connectivity index (χ1v) is 21.7. The predicted molar refractivity (Wildman–Crippen MR) is 243 cm³/mol. The summed E-state index contributed by atoms with van der Waals surface area (Å²) in [5.41, 5.74) is 37.6. The summed E-state index contributed by atoms with van der Waals surface area (Å²) in [6.45, 7) is 8.62. The molecule has 0 saturated carbocycles. The SMILES string of the molecule is CCCOc1c2cc(N)cc1Cc1cc(N)cc(c1OCCC)Cc1cc(N)cc(c1OCCCCCN1C(=O)c3ccccc3C1=O)Cc1cc(N)cc(c1OCCC)C2. The van der Waals surface area contributed by atoms with Gasteiger partial charge in [0.15, 0.2) is 0 Å². The van der Waals surface area contributed by atoms with E-state index in [1.54, 1.807) is 24.3 Å². The highest BCUT2D eigenvalue weighted by atomic mass is 16.5. The molecular formula is C50H59N5O6. The third kappa shape index (κ3) is 9.67. The Morgan fingerprint density at radius 2 is 0.738 bits per heavy atom. The Bertz CT molecular complexity index is 2260. The summed E-state index contributed by atoms with van der Waals surface area (Å²) in [6.07, 6.45) is 6.42. The highest BCUT2D eigenvalue weighted by Gasteiger charge is 2.34. The summed E-state index contributed by atoms with van der Waals surface area (Å²) >= 11 is 0. The van der Waals surface area contributed by atoms with Crippen LogP contribution in [-0.4, -0.2) is 49.7 Å². The lowest BCUT2D eigenvalue weighted by molar-refractivity contribution is 0.0651. The number of fused-ring (bicyclic) bond motifs is 9. The number of imide groups is 1. The minimum Gasteiger partial charge on any atom is -0.493 e. The van der Waals surface area contributed by atoms with Crippen LogP contribution in [0.3, 0.4) is 0 Å². The second-order valence-electron chi connectivity index (χ2n) is 16.1. The minimum atomic E-state index is -0.236. The maximum atomic E-state index is 13.0. The van der Waals surface area contributed by atoms with Gasteiger partial charge >= 0.3 is 0 Å². The molecule has 2 aliphatic rings. The fraction of sp³-hybridized carbons (Fsp3) is 0.360. The Morgan fingerprint density at radius 1 is 0.443 bits per heavy atom. The molecule has 0 atom stereocenters. The van der Waals surface area contributed by atoms with Crippen LogP contribution in [-0.2, 0) is 25.7 Å². The van der Waals surface area contributed by atoms with E-state index in [2.05, 4.69) is 20.8 Å². The molecule has 7 rings (SSSR count). The van der Waals surface area contributed by atoms with E-state index in [1.165, 1.54) is 4.90 Å². The number of nitrogens with two attached hydrogens (primary N) is 4. The van der Waals surface area contributed by atoms with Crippen LogP contribution in [0.4, 0.5) is 22.7 Å². The number of carbonyl (C=O) groups excluding carboxylic acids is 2. The van der Waals surface area contributed by atoms with Crippen LogP contribution in [0.25, 0.3) is 0 Å². The van der Waals surface area contributed by atoms with Crippen LogP contribution in [0.15, 0.2) is 72.8 Å². The van der Waals surface area contributed by atoms with E-state index in [1.807, 2.05) is 48.5 Å². The van der Waals surface area contributed by atoms with Crippen LogP contribution in [0, 0.1) is 0 Å². The molecule has 5 aromatic carbocycles. The lowest BCUT2D eigenvalue weighted by Crippen LogP contribution is -2.30. The van der Waals surface area contributed by atoms with E-state index < -0.39 is 0 Å². The zero-order valence-corrected chi connectivity index (χ0v) is 35.7. The van der Waals surface area contributed by atoms with Gasteiger partial charge in [0.25, 0.3) is 11.8 Å². The van der Waals surface area contributed by atoms with Crippen LogP contribution in [0.2, 0.25) is 0 Å². The summed E-state index contributed by atoms with van der Waals surface area (Å²) in [4.78, 5) is 27.3. The molecule has 0 unspecified atom stereocenters. The van der Waals surface area contributed by atoms with Crippen molar-refractivity contribution < 1.29 is 28.5 Å². The van der Waals surface area contributed by atoms with Gasteiger partial charge in [0.05, 0.1) is 37.6 Å². The maximum absolute atomic E-state index is 13.0. The molecular weight excluding hydrogens is 767 g/mol. The summed E-state index contributed by atoms with van der Waals surface area (Å²) in [5.74, 6) is 2.58. The van der Waals surface area contributed by atoms with Gasteiger partial charge in [-0.05, 0) is 99.2 Å². The topological polar surface area (TPSA) is 178 Å². The van der Waals surface area contributed by atoms with Gasteiger partial charge in [-0.2, -0.15) is 0 Å². The molecule has 8 N–H and O–H groups in total. The molecule has 2 amide bonds. The van der Waals surface area contributed by atoms with Crippen molar-refractivity contribution in [3.63, 3.8) is 0 Å². The fourth-order valence-electron chi connectivity index (χ4n) is 8.52. The number of unbranched alkanes of at least 4 members (excludes halogenated alkanes) is 2. The zero-order chi connectivity index (χ0) is 43.0. The summed E-state index contributed by atoms with van der Waals surface area (Å²) in [6, 6.07) is 22.8. The first-order chi connectivity index (χ1) is 29.6. The molecule has 11 heteroatoms. The number of benzene rings is 5. The number of anilines is 4. The molecule has 8 bridgehead atoms. The van der Waals surface area contributed by atoms with E-state index in [-0.39, 0.29) is 11.8 Å². The molecule has 61 heavy (non-hydrogen) atoms. The molecule has 1 heterocycles. The number of amides is 2. The Hall–Kier alpha value is -6.36. The third-order valence-electron chi connectivity index (χ3n) is 11.1. The number of ether oxygens (including phenoxy) is 4. The lowest BCUT2D eigenvalue weighted by Gasteiger charge is -2.24. The molecule has 1 aliphatic heterocycles. The highest BCUT2D eigenvalue weighted by molar-refractivity contribution is 6.21. The molecule has 320 valence electrons. The molecule has 0 aromatic heterocycles. The quantitative estimate of drug-likeness (QED) is 0.0419. The van der Waals surface area contributed by atoms with Crippen molar-refractivity contribution in [2.45, 2.75) is 85.0 Å². The van der Waals surface area contributed by atoms with Gasteiger partial charge in [0, 0.05) is 99.5 Å². The Labute approximate surface area is 359 Å². The molecule has 0 spiro atoms. The zero-order valence-electron chi connectivity index (χ0n) is 35.7. The van der Waals surface area contributed by atoms with Gasteiger partial charge in [0.2, 0.25) is 0 Å². The second-order valence-corrected chi connectivity index (χ2v) is 16.1. The predicted octanol–water partition coefficient (Wildman–Crippen LogP) is 8.90. The van der Waals surface area contributed by atoms with Gasteiger partial charge in [-0.3, -0.25) is 14.5 Å². The van der Waals surface area contributed by atoms with E-state index in [4.69, 9.17) is 41.9 Å². The van der Waals surface area contributed by atoms with Crippen LogP contribution < -0.4 is 41.9 Å². The second kappa shape index (κ2) is 19.4. The molecule has 11 nitrogen and oxygen atoms in total. The first kappa shape index (κ1) is 42.8. The summed E-state index contributed by atoms with van der Waals surface area (Å²) in [7, 11) is 0. The first-order valence-electron chi connectivity index (χ1n) is 21.7. The van der Waals surface area contributed by atoms with Gasteiger partial charge in [0.1, 0.15) is 23.0 Å². The van der Waals surface area contributed by atoms with Crippen molar-refractivity contribution in [2.24, 2.45) is 0 Å². The van der Waals surface area contributed by atoms with Crippen molar-refractivity contribution in [1.82, 2.24) is 4.90 Å². The molecule has 5 aromatic rings.